The van der Waals surface area contributed by atoms with E-state index in [-0.39, 0.29) is 6.04 Å². The molecule has 1 heterocycles. The summed E-state index contributed by atoms with van der Waals surface area (Å²) in [5.74, 6) is 0.872. The van der Waals surface area contributed by atoms with Crippen LogP contribution in [-0.4, -0.2) is 21.6 Å². The minimum absolute atomic E-state index is 0.112. The lowest BCUT2D eigenvalue weighted by Crippen LogP contribution is -2.26. The van der Waals surface area contributed by atoms with Crippen LogP contribution in [0.5, 0.6) is 0 Å². The van der Waals surface area contributed by atoms with Gasteiger partial charge in [0.05, 0.1) is 5.69 Å². The average Bonchev–Trinajstić information content (AvgIpc) is 2.87. The highest BCUT2D eigenvalue weighted by Gasteiger charge is 2.11. The fraction of sp³-hybridized carbons (Fsp3) is 0.438. The van der Waals surface area contributed by atoms with E-state index in [2.05, 4.69) is 35.8 Å². The molecule has 1 atom stereocenters. The van der Waals surface area contributed by atoms with Gasteiger partial charge in [-0.3, -0.25) is 4.68 Å². The highest BCUT2D eigenvalue weighted by molar-refractivity contribution is 7.99. The SMILES string of the molecule is CCc1cc(CC(N)CSc2cccc(Cl)c2)n(CC)n1. The Kier molecular flexibility index (Phi) is 6.15. The second-order valence-corrected chi connectivity index (χ2v) is 6.56. The van der Waals surface area contributed by atoms with E-state index in [1.807, 2.05) is 18.2 Å². The quantitative estimate of drug-likeness (QED) is 0.789. The molecule has 114 valence electrons. The van der Waals surface area contributed by atoms with Crippen LogP contribution in [0.25, 0.3) is 0 Å². The van der Waals surface area contributed by atoms with E-state index in [9.17, 15) is 0 Å². The van der Waals surface area contributed by atoms with E-state index in [4.69, 9.17) is 17.3 Å². The molecule has 1 aromatic heterocycles. The van der Waals surface area contributed by atoms with Crippen molar-refractivity contribution < 1.29 is 0 Å². The standard InChI is InChI=1S/C16H22ClN3S/c1-3-14-10-15(20(4-2)19-14)9-13(18)11-21-16-7-5-6-12(17)8-16/h5-8,10,13H,3-4,9,11,18H2,1-2H3. The van der Waals surface area contributed by atoms with Crippen LogP contribution in [0.3, 0.4) is 0 Å². The third-order valence-electron chi connectivity index (χ3n) is 3.31. The van der Waals surface area contributed by atoms with Crippen LogP contribution in [0.1, 0.15) is 25.2 Å². The molecule has 0 bridgehead atoms. The third kappa shape index (κ3) is 4.77. The number of hydrogen-bond acceptors (Lipinski definition) is 3. The van der Waals surface area contributed by atoms with Gasteiger partial charge in [-0.15, -0.1) is 11.8 Å². The van der Waals surface area contributed by atoms with Crippen molar-refractivity contribution >= 4 is 23.4 Å². The zero-order valence-electron chi connectivity index (χ0n) is 12.6. The number of hydrogen-bond donors (Lipinski definition) is 1. The Morgan fingerprint density at radius 3 is 2.81 bits per heavy atom. The van der Waals surface area contributed by atoms with Gasteiger partial charge in [0.25, 0.3) is 0 Å². The van der Waals surface area contributed by atoms with Crippen LogP contribution >= 0.6 is 23.4 Å². The lowest BCUT2D eigenvalue weighted by atomic mass is 10.2. The molecular formula is C16H22ClN3S. The smallest absolute Gasteiger partial charge is 0.0624 e. The fourth-order valence-corrected chi connectivity index (χ4v) is 3.38. The number of halogens is 1. The van der Waals surface area contributed by atoms with Gasteiger partial charge in [-0.25, -0.2) is 0 Å². The van der Waals surface area contributed by atoms with Crippen molar-refractivity contribution in [2.45, 2.75) is 44.2 Å². The van der Waals surface area contributed by atoms with Gasteiger partial charge in [-0.05, 0) is 37.6 Å². The van der Waals surface area contributed by atoms with Crippen molar-refractivity contribution in [3.8, 4) is 0 Å². The summed E-state index contributed by atoms with van der Waals surface area (Å²) in [6.07, 6.45) is 1.82. The first-order valence-electron chi connectivity index (χ1n) is 7.32. The predicted molar refractivity (Wildman–Crippen MR) is 91.1 cm³/mol. The normalized spacial score (nSPS) is 12.6. The predicted octanol–water partition coefficient (Wildman–Crippen LogP) is 3.78. The molecule has 2 aromatic rings. The highest BCUT2D eigenvalue weighted by atomic mass is 35.5. The summed E-state index contributed by atoms with van der Waals surface area (Å²) in [4.78, 5) is 1.16. The van der Waals surface area contributed by atoms with Gasteiger partial charge >= 0.3 is 0 Å². The second kappa shape index (κ2) is 7.87. The van der Waals surface area contributed by atoms with E-state index in [0.29, 0.717) is 0 Å². The Morgan fingerprint density at radius 1 is 1.33 bits per heavy atom. The lowest BCUT2D eigenvalue weighted by molar-refractivity contribution is 0.592. The number of nitrogens with two attached hydrogens (primary N) is 1. The number of thioether (sulfide) groups is 1. The summed E-state index contributed by atoms with van der Waals surface area (Å²) in [7, 11) is 0. The number of aryl methyl sites for hydroxylation is 2. The molecule has 2 N–H and O–H groups in total. The van der Waals surface area contributed by atoms with E-state index < -0.39 is 0 Å². The highest BCUT2D eigenvalue weighted by Crippen LogP contribution is 2.22. The molecule has 0 radical (unpaired) electrons. The molecule has 0 aliphatic rings. The average molecular weight is 324 g/mol. The van der Waals surface area contributed by atoms with Gasteiger partial charge in [0, 0.05) is 40.4 Å². The van der Waals surface area contributed by atoms with Crippen molar-refractivity contribution in [3.05, 3.63) is 46.7 Å². The minimum atomic E-state index is 0.112. The zero-order valence-corrected chi connectivity index (χ0v) is 14.1. The first kappa shape index (κ1) is 16.4. The van der Waals surface area contributed by atoms with Gasteiger partial charge < -0.3 is 5.73 Å². The molecular weight excluding hydrogens is 302 g/mol. The number of aromatic nitrogens is 2. The topological polar surface area (TPSA) is 43.8 Å². The molecule has 0 fully saturated rings. The summed E-state index contributed by atoms with van der Waals surface area (Å²) in [6, 6.07) is 10.2. The molecule has 0 saturated carbocycles. The van der Waals surface area contributed by atoms with E-state index >= 15 is 0 Å². The Hall–Kier alpha value is -0.970. The maximum Gasteiger partial charge on any atom is 0.0624 e. The largest absolute Gasteiger partial charge is 0.327 e. The molecule has 0 aliphatic heterocycles. The molecule has 0 aliphatic carbocycles. The van der Waals surface area contributed by atoms with Gasteiger partial charge in [0.1, 0.15) is 0 Å². The zero-order chi connectivity index (χ0) is 15.2. The Bertz CT molecular complexity index is 583. The number of rotatable bonds is 7. The maximum atomic E-state index is 6.27. The van der Waals surface area contributed by atoms with Crippen LogP contribution in [-0.2, 0) is 19.4 Å². The van der Waals surface area contributed by atoms with Crippen molar-refractivity contribution in [2.24, 2.45) is 5.73 Å². The molecule has 2 rings (SSSR count). The fourth-order valence-electron chi connectivity index (χ4n) is 2.21. The van der Waals surface area contributed by atoms with Crippen LogP contribution in [0.15, 0.2) is 35.2 Å². The van der Waals surface area contributed by atoms with Crippen LogP contribution in [0.2, 0.25) is 5.02 Å². The molecule has 0 spiro atoms. The van der Waals surface area contributed by atoms with Gasteiger partial charge in [0.2, 0.25) is 0 Å². The molecule has 3 nitrogen and oxygen atoms in total. The Balaban J connectivity index is 1.92. The summed E-state index contributed by atoms with van der Waals surface area (Å²) >= 11 is 7.74. The molecule has 1 aromatic carbocycles. The van der Waals surface area contributed by atoms with E-state index in [1.54, 1.807) is 11.8 Å². The molecule has 21 heavy (non-hydrogen) atoms. The van der Waals surface area contributed by atoms with Gasteiger partial charge in [0.15, 0.2) is 0 Å². The van der Waals surface area contributed by atoms with Crippen molar-refractivity contribution in [3.63, 3.8) is 0 Å². The van der Waals surface area contributed by atoms with E-state index in [0.717, 1.165) is 40.8 Å². The number of nitrogens with zero attached hydrogens (tertiary/aromatic N) is 2. The summed E-state index contributed by atoms with van der Waals surface area (Å²) < 4.78 is 2.06. The Labute approximate surface area is 135 Å². The van der Waals surface area contributed by atoms with Crippen molar-refractivity contribution in [1.29, 1.82) is 0 Å². The number of benzene rings is 1. The second-order valence-electron chi connectivity index (χ2n) is 5.03. The molecule has 0 amide bonds. The monoisotopic (exact) mass is 323 g/mol. The third-order valence-corrected chi connectivity index (χ3v) is 4.72. The van der Waals surface area contributed by atoms with Crippen LogP contribution < -0.4 is 5.73 Å². The molecule has 1 unspecified atom stereocenters. The minimum Gasteiger partial charge on any atom is -0.327 e. The Morgan fingerprint density at radius 2 is 2.14 bits per heavy atom. The first-order chi connectivity index (χ1) is 10.1. The van der Waals surface area contributed by atoms with Crippen molar-refractivity contribution in [1.82, 2.24) is 9.78 Å². The summed E-state index contributed by atoms with van der Waals surface area (Å²) in [6.45, 7) is 5.13. The van der Waals surface area contributed by atoms with Gasteiger partial charge in [-0.2, -0.15) is 5.10 Å². The van der Waals surface area contributed by atoms with Crippen LogP contribution in [0, 0.1) is 0 Å². The van der Waals surface area contributed by atoms with Gasteiger partial charge in [-0.1, -0.05) is 24.6 Å². The molecule has 0 saturated heterocycles. The van der Waals surface area contributed by atoms with Crippen molar-refractivity contribution in [2.75, 3.05) is 5.75 Å². The van der Waals surface area contributed by atoms with E-state index in [1.165, 1.54) is 5.69 Å². The van der Waals surface area contributed by atoms with Crippen LogP contribution in [0.4, 0.5) is 0 Å². The summed E-state index contributed by atoms with van der Waals surface area (Å²) in [5, 5.41) is 5.34. The first-order valence-corrected chi connectivity index (χ1v) is 8.68. The molecule has 5 heteroatoms. The summed E-state index contributed by atoms with van der Waals surface area (Å²) in [5.41, 5.74) is 8.64. The lowest BCUT2D eigenvalue weighted by Gasteiger charge is -2.12. The maximum absolute atomic E-state index is 6.27.